The molecule has 5 nitrogen and oxygen atoms in total. The van der Waals surface area contributed by atoms with Gasteiger partial charge < -0.3 is 15.3 Å². The van der Waals surface area contributed by atoms with Crippen LogP contribution in [-0.2, 0) is 6.42 Å². The number of nitrogens with zero attached hydrogens (tertiary/aromatic N) is 3. The van der Waals surface area contributed by atoms with E-state index in [0.29, 0.717) is 6.54 Å². The van der Waals surface area contributed by atoms with Gasteiger partial charge in [0.25, 0.3) is 0 Å². The summed E-state index contributed by atoms with van der Waals surface area (Å²) >= 11 is 0. The molecule has 0 saturated carbocycles. The van der Waals surface area contributed by atoms with Crippen LogP contribution in [0.15, 0.2) is 6.07 Å². The van der Waals surface area contributed by atoms with Gasteiger partial charge in [0.05, 0.1) is 6.10 Å². The first-order valence-electron chi connectivity index (χ1n) is 6.57. The average Bonchev–Trinajstić information content (AvgIpc) is 2.35. The summed E-state index contributed by atoms with van der Waals surface area (Å²) in [7, 11) is 1.93. The third-order valence-corrected chi connectivity index (χ3v) is 2.56. The van der Waals surface area contributed by atoms with Gasteiger partial charge in [0.15, 0.2) is 0 Å². The molecule has 102 valence electrons. The van der Waals surface area contributed by atoms with E-state index in [1.165, 1.54) is 0 Å². The van der Waals surface area contributed by atoms with Crippen molar-refractivity contribution in [3.05, 3.63) is 11.9 Å². The lowest BCUT2D eigenvalue weighted by atomic mass is 10.3. The maximum absolute atomic E-state index is 9.42. The fourth-order valence-corrected chi connectivity index (χ4v) is 1.67. The maximum atomic E-state index is 9.42. The highest BCUT2D eigenvalue weighted by atomic mass is 16.3. The van der Waals surface area contributed by atoms with Crippen molar-refractivity contribution in [1.82, 2.24) is 9.97 Å². The Hall–Kier alpha value is -1.36. The molecule has 18 heavy (non-hydrogen) atoms. The first-order valence-corrected chi connectivity index (χ1v) is 6.57. The van der Waals surface area contributed by atoms with E-state index in [2.05, 4.69) is 22.2 Å². The van der Waals surface area contributed by atoms with Crippen LogP contribution in [0.5, 0.6) is 0 Å². The van der Waals surface area contributed by atoms with Crippen LogP contribution < -0.4 is 10.2 Å². The number of hydrogen-bond donors (Lipinski definition) is 2. The lowest BCUT2D eigenvalue weighted by molar-refractivity contribution is 0.201. The van der Waals surface area contributed by atoms with E-state index >= 15 is 0 Å². The first kappa shape index (κ1) is 14.7. The Labute approximate surface area is 109 Å². The number of likely N-dealkylation sites (N-methyl/N-ethyl adjacent to an activating group) is 1. The lowest BCUT2D eigenvalue weighted by Gasteiger charge is -2.21. The molecular weight excluding hydrogens is 228 g/mol. The van der Waals surface area contributed by atoms with Crippen molar-refractivity contribution in [2.24, 2.45) is 0 Å². The fraction of sp³-hybridized carbons (Fsp3) is 0.692. The number of aryl methyl sites for hydroxylation is 1. The Bertz CT molecular complexity index is 368. The molecule has 0 bridgehead atoms. The number of aliphatic hydroxyl groups excluding tert-OH is 1. The SMILES string of the molecule is CCCNc1cc(N(C)CC(C)O)nc(CC)n1. The predicted molar refractivity (Wildman–Crippen MR) is 75.1 cm³/mol. The van der Waals surface area contributed by atoms with Crippen LogP contribution in [0.3, 0.4) is 0 Å². The van der Waals surface area contributed by atoms with E-state index in [1.54, 1.807) is 6.92 Å². The first-order chi connectivity index (χ1) is 8.56. The normalized spacial score (nSPS) is 12.3. The Balaban J connectivity index is 2.88. The minimum atomic E-state index is -0.373. The number of aliphatic hydroxyl groups is 1. The summed E-state index contributed by atoms with van der Waals surface area (Å²) in [5, 5.41) is 12.7. The summed E-state index contributed by atoms with van der Waals surface area (Å²) in [6.45, 7) is 7.40. The monoisotopic (exact) mass is 252 g/mol. The van der Waals surface area contributed by atoms with E-state index in [1.807, 2.05) is 24.9 Å². The molecule has 0 spiro atoms. The molecule has 1 atom stereocenters. The average molecular weight is 252 g/mol. The smallest absolute Gasteiger partial charge is 0.134 e. The minimum absolute atomic E-state index is 0.373. The molecule has 1 rings (SSSR count). The molecule has 0 aromatic carbocycles. The maximum Gasteiger partial charge on any atom is 0.134 e. The molecular formula is C13H24N4O. The molecule has 1 heterocycles. The summed E-state index contributed by atoms with van der Waals surface area (Å²) in [5.74, 6) is 2.53. The Morgan fingerprint density at radius 2 is 2.11 bits per heavy atom. The van der Waals surface area contributed by atoms with Crippen molar-refractivity contribution in [3.63, 3.8) is 0 Å². The zero-order valence-electron chi connectivity index (χ0n) is 11.8. The lowest BCUT2D eigenvalue weighted by Crippen LogP contribution is -2.28. The molecule has 2 N–H and O–H groups in total. The van der Waals surface area contributed by atoms with Crippen LogP contribution >= 0.6 is 0 Å². The van der Waals surface area contributed by atoms with Crippen molar-refractivity contribution < 1.29 is 5.11 Å². The molecule has 0 radical (unpaired) electrons. The molecule has 0 aliphatic rings. The summed E-state index contributed by atoms with van der Waals surface area (Å²) in [6.07, 6.45) is 1.49. The minimum Gasteiger partial charge on any atom is -0.392 e. The number of aromatic nitrogens is 2. The second-order valence-corrected chi connectivity index (χ2v) is 4.54. The van der Waals surface area contributed by atoms with Gasteiger partial charge in [-0.1, -0.05) is 13.8 Å². The van der Waals surface area contributed by atoms with Crippen LogP contribution in [0.25, 0.3) is 0 Å². The summed E-state index contributed by atoms with van der Waals surface area (Å²) in [4.78, 5) is 10.9. The number of hydrogen-bond acceptors (Lipinski definition) is 5. The van der Waals surface area contributed by atoms with Crippen LogP contribution in [-0.4, -0.2) is 41.3 Å². The van der Waals surface area contributed by atoms with Gasteiger partial charge in [0, 0.05) is 32.6 Å². The molecule has 0 amide bonds. The highest BCUT2D eigenvalue weighted by Crippen LogP contribution is 2.15. The van der Waals surface area contributed by atoms with Gasteiger partial charge in [-0.05, 0) is 13.3 Å². The van der Waals surface area contributed by atoms with Crippen LogP contribution in [0.4, 0.5) is 11.6 Å². The van der Waals surface area contributed by atoms with Crippen molar-refractivity contribution in [2.75, 3.05) is 30.4 Å². The van der Waals surface area contributed by atoms with Crippen molar-refractivity contribution in [1.29, 1.82) is 0 Å². The van der Waals surface area contributed by atoms with Crippen molar-refractivity contribution in [2.45, 2.75) is 39.7 Å². The van der Waals surface area contributed by atoms with Crippen molar-refractivity contribution in [3.8, 4) is 0 Å². The molecule has 1 aromatic rings. The Morgan fingerprint density at radius 1 is 1.39 bits per heavy atom. The Kier molecular flexibility index (Phi) is 5.85. The second-order valence-electron chi connectivity index (χ2n) is 4.54. The molecule has 1 aromatic heterocycles. The quantitative estimate of drug-likeness (QED) is 0.773. The van der Waals surface area contributed by atoms with Gasteiger partial charge in [-0.25, -0.2) is 9.97 Å². The van der Waals surface area contributed by atoms with E-state index in [4.69, 9.17) is 0 Å². The molecule has 1 unspecified atom stereocenters. The summed E-state index contributed by atoms with van der Waals surface area (Å²) in [5.41, 5.74) is 0. The van der Waals surface area contributed by atoms with E-state index in [-0.39, 0.29) is 6.10 Å². The highest BCUT2D eigenvalue weighted by molar-refractivity contribution is 5.49. The van der Waals surface area contributed by atoms with E-state index in [9.17, 15) is 5.11 Å². The zero-order valence-corrected chi connectivity index (χ0v) is 11.8. The Morgan fingerprint density at radius 3 is 2.67 bits per heavy atom. The second kappa shape index (κ2) is 7.16. The summed E-state index contributed by atoms with van der Waals surface area (Å²) in [6, 6.07) is 1.93. The molecule has 0 saturated heterocycles. The van der Waals surface area contributed by atoms with Crippen LogP contribution in [0.1, 0.15) is 33.0 Å². The van der Waals surface area contributed by atoms with Crippen LogP contribution in [0, 0.1) is 0 Å². The van der Waals surface area contributed by atoms with E-state index < -0.39 is 0 Å². The molecule has 5 heteroatoms. The number of anilines is 2. The predicted octanol–water partition coefficient (Wildman–Crippen LogP) is 1.68. The number of nitrogens with one attached hydrogen (secondary N) is 1. The third kappa shape index (κ3) is 4.49. The van der Waals surface area contributed by atoms with Gasteiger partial charge in [0.2, 0.25) is 0 Å². The van der Waals surface area contributed by atoms with Gasteiger partial charge in [-0.2, -0.15) is 0 Å². The van der Waals surface area contributed by atoms with Gasteiger partial charge >= 0.3 is 0 Å². The largest absolute Gasteiger partial charge is 0.392 e. The van der Waals surface area contributed by atoms with Gasteiger partial charge in [-0.15, -0.1) is 0 Å². The standard InChI is InChI=1S/C13H24N4O/c1-5-7-14-12-8-13(16-11(6-2)15-12)17(4)9-10(3)18/h8,10,18H,5-7,9H2,1-4H3,(H,14,15,16). The third-order valence-electron chi connectivity index (χ3n) is 2.56. The van der Waals surface area contributed by atoms with E-state index in [0.717, 1.165) is 36.8 Å². The van der Waals surface area contributed by atoms with Gasteiger partial charge in [0.1, 0.15) is 17.5 Å². The molecule has 0 aliphatic carbocycles. The van der Waals surface area contributed by atoms with Gasteiger partial charge in [-0.3, -0.25) is 0 Å². The topological polar surface area (TPSA) is 61.3 Å². The van der Waals surface area contributed by atoms with Crippen LogP contribution in [0.2, 0.25) is 0 Å². The molecule has 0 aliphatic heterocycles. The fourth-order valence-electron chi connectivity index (χ4n) is 1.67. The van der Waals surface area contributed by atoms with Crippen molar-refractivity contribution >= 4 is 11.6 Å². The highest BCUT2D eigenvalue weighted by Gasteiger charge is 2.09. The summed E-state index contributed by atoms with van der Waals surface area (Å²) < 4.78 is 0. The zero-order chi connectivity index (χ0) is 13.5. The molecule has 0 fully saturated rings. The number of rotatable bonds is 7.